The zero-order valence-electron chi connectivity index (χ0n) is 13.6. The van der Waals surface area contributed by atoms with Gasteiger partial charge in [0.1, 0.15) is 10.8 Å². The molecular formula is C18H19FN2O2S. The lowest BCUT2D eigenvalue weighted by Gasteiger charge is -2.18. The highest BCUT2D eigenvalue weighted by atomic mass is 32.1. The minimum absolute atomic E-state index is 0.0277. The average Bonchev–Trinajstić information content (AvgIpc) is 2.91. The van der Waals surface area contributed by atoms with Crippen molar-refractivity contribution in [3.63, 3.8) is 0 Å². The fourth-order valence-corrected chi connectivity index (χ4v) is 4.42. The number of carbonyl (C=O) groups excluding carboxylic acids is 2. The van der Waals surface area contributed by atoms with Gasteiger partial charge in [0.15, 0.2) is 0 Å². The van der Waals surface area contributed by atoms with E-state index in [1.54, 1.807) is 13.1 Å². The van der Waals surface area contributed by atoms with E-state index in [4.69, 9.17) is 0 Å². The lowest BCUT2D eigenvalue weighted by atomic mass is 9.88. The first-order valence-electron chi connectivity index (χ1n) is 7.93. The Morgan fingerprint density at radius 3 is 2.71 bits per heavy atom. The standard InChI is InChI=1S/C18H19FN2O2S/c1-10-7-8-12-14(9-10)24-18(15(12)17(23)20-2)21-16(22)11-5-3-4-6-13(11)19/h3-6,10H,7-9H2,1-2H3,(H,20,23)(H,21,22). The minimum atomic E-state index is -0.577. The molecule has 1 aliphatic rings. The van der Waals surface area contributed by atoms with Gasteiger partial charge in [-0.2, -0.15) is 0 Å². The maximum absolute atomic E-state index is 13.8. The summed E-state index contributed by atoms with van der Waals surface area (Å²) in [7, 11) is 1.57. The summed E-state index contributed by atoms with van der Waals surface area (Å²) >= 11 is 1.42. The van der Waals surface area contributed by atoms with E-state index in [1.165, 1.54) is 29.5 Å². The van der Waals surface area contributed by atoms with E-state index in [2.05, 4.69) is 17.6 Å². The second kappa shape index (κ2) is 6.73. The maximum Gasteiger partial charge on any atom is 0.259 e. The summed E-state index contributed by atoms with van der Waals surface area (Å²) < 4.78 is 13.8. The average molecular weight is 346 g/mol. The van der Waals surface area contributed by atoms with Crippen molar-refractivity contribution >= 4 is 28.2 Å². The molecule has 1 aromatic heterocycles. The molecule has 0 radical (unpaired) electrons. The Bertz CT molecular complexity index is 800. The number of hydrogen-bond donors (Lipinski definition) is 2. The van der Waals surface area contributed by atoms with Gasteiger partial charge >= 0.3 is 0 Å². The number of fused-ring (bicyclic) bond motifs is 1. The molecule has 24 heavy (non-hydrogen) atoms. The lowest BCUT2D eigenvalue weighted by molar-refractivity contribution is 0.0963. The van der Waals surface area contributed by atoms with E-state index >= 15 is 0 Å². The smallest absolute Gasteiger partial charge is 0.259 e. The van der Waals surface area contributed by atoms with Crippen molar-refractivity contribution in [3.8, 4) is 0 Å². The third-order valence-corrected chi connectivity index (χ3v) is 5.48. The number of rotatable bonds is 3. The second-order valence-electron chi connectivity index (χ2n) is 6.07. The van der Waals surface area contributed by atoms with Gasteiger partial charge in [-0.1, -0.05) is 19.1 Å². The summed E-state index contributed by atoms with van der Waals surface area (Å²) in [6.45, 7) is 2.18. The molecule has 1 atom stereocenters. The second-order valence-corrected chi connectivity index (χ2v) is 7.17. The highest BCUT2D eigenvalue weighted by molar-refractivity contribution is 7.17. The molecular weight excluding hydrogens is 327 g/mol. The van der Waals surface area contributed by atoms with Gasteiger partial charge in [0, 0.05) is 11.9 Å². The van der Waals surface area contributed by atoms with Gasteiger partial charge in [0.2, 0.25) is 0 Å². The molecule has 0 spiro atoms. The summed E-state index contributed by atoms with van der Waals surface area (Å²) in [5, 5.41) is 5.87. The fraction of sp³-hybridized carbons (Fsp3) is 0.333. The molecule has 2 N–H and O–H groups in total. The van der Waals surface area contributed by atoms with Gasteiger partial charge in [-0.05, 0) is 42.9 Å². The Morgan fingerprint density at radius 1 is 1.25 bits per heavy atom. The molecule has 0 bridgehead atoms. The SMILES string of the molecule is CNC(=O)c1c(NC(=O)c2ccccc2F)sc2c1CCC(C)C2. The van der Waals surface area contributed by atoms with Gasteiger partial charge in [0.25, 0.3) is 11.8 Å². The van der Waals surface area contributed by atoms with E-state index < -0.39 is 11.7 Å². The van der Waals surface area contributed by atoms with Crippen LogP contribution in [0.1, 0.15) is 44.5 Å². The van der Waals surface area contributed by atoms with Crippen molar-refractivity contribution < 1.29 is 14.0 Å². The Hall–Kier alpha value is -2.21. The van der Waals surface area contributed by atoms with Gasteiger partial charge < -0.3 is 10.6 Å². The molecule has 126 valence electrons. The van der Waals surface area contributed by atoms with Gasteiger partial charge in [-0.15, -0.1) is 11.3 Å². The Labute approximate surface area is 144 Å². The van der Waals surface area contributed by atoms with Crippen LogP contribution < -0.4 is 10.6 Å². The van der Waals surface area contributed by atoms with Crippen LogP contribution in [-0.2, 0) is 12.8 Å². The number of halogens is 1. The van der Waals surface area contributed by atoms with Crippen LogP contribution in [0, 0.1) is 11.7 Å². The fourth-order valence-electron chi connectivity index (χ4n) is 3.02. The molecule has 1 unspecified atom stereocenters. The van der Waals surface area contributed by atoms with Crippen molar-refractivity contribution in [2.24, 2.45) is 5.92 Å². The highest BCUT2D eigenvalue weighted by Crippen LogP contribution is 2.39. The lowest BCUT2D eigenvalue weighted by Crippen LogP contribution is -2.23. The van der Waals surface area contributed by atoms with Gasteiger partial charge in [0.05, 0.1) is 11.1 Å². The number of hydrogen-bond acceptors (Lipinski definition) is 3. The molecule has 4 nitrogen and oxygen atoms in total. The first-order chi connectivity index (χ1) is 11.5. The number of nitrogens with one attached hydrogen (secondary N) is 2. The first kappa shape index (κ1) is 16.6. The van der Waals surface area contributed by atoms with Crippen LogP contribution in [-0.4, -0.2) is 18.9 Å². The monoisotopic (exact) mass is 346 g/mol. The van der Waals surface area contributed by atoms with Crippen molar-refractivity contribution in [3.05, 3.63) is 51.7 Å². The summed E-state index contributed by atoms with van der Waals surface area (Å²) in [6, 6.07) is 5.82. The number of thiophene rings is 1. The van der Waals surface area contributed by atoms with Crippen LogP contribution in [0.25, 0.3) is 0 Å². The van der Waals surface area contributed by atoms with Crippen LogP contribution in [0.4, 0.5) is 9.39 Å². The van der Waals surface area contributed by atoms with Crippen molar-refractivity contribution in [2.75, 3.05) is 12.4 Å². The number of carbonyl (C=O) groups is 2. The Morgan fingerprint density at radius 2 is 2.00 bits per heavy atom. The molecule has 2 amide bonds. The van der Waals surface area contributed by atoms with E-state index in [0.717, 1.165) is 29.7 Å². The Balaban J connectivity index is 1.97. The maximum atomic E-state index is 13.8. The topological polar surface area (TPSA) is 58.2 Å². The van der Waals surface area contributed by atoms with Crippen LogP contribution in [0.3, 0.4) is 0 Å². The zero-order chi connectivity index (χ0) is 17.3. The molecule has 0 saturated heterocycles. The van der Waals surface area contributed by atoms with E-state index in [9.17, 15) is 14.0 Å². The molecule has 0 saturated carbocycles. The predicted octanol–water partition coefficient (Wildman–Crippen LogP) is 3.62. The summed E-state index contributed by atoms with van der Waals surface area (Å²) in [5.41, 5.74) is 1.51. The van der Waals surface area contributed by atoms with E-state index in [1.807, 2.05) is 0 Å². The number of amides is 2. The predicted molar refractivity (Wildman–Crippen MR) is 93.3 cm³/mol. The molecule has 6 heteroatoms. The van der Waals surface area contributed by atoms with Crippen LogP contribution in [0.2, 0.25) is 0 Å². The van der Waals surface area contributed by atoms with E-state index in [0.29, 0.717) is 16.5 Å². The quantitative estimate of drug-likeness (QED) is 0.892. The van der Waals surface area contributed by atoms with Gasteiger partial charge in [-0.25, -0.2) is 4.39 Å². The number of anilines is 1. The van der Waals surface area contributed by atoms with Crippen molar-refractivity contribution in [1.29, 1.82) is 0 Å². The molecule has 1 aromatic carbocycles. The van der Waals surface area contributed by atoms with Gasteiger partial charge in [-0.3, -0.25) is 9.59 Å². The third-order valence-electron chi connectivity index (χ3n) is 4.31. The zero-order valence-corrected chi connectivity index (χ0v) is 14.4. The number of benzene rings is 1. The van der Waals surface area contributed by atoms with Crippen molar-refractivity contribution in [2.45, 2.75) is 26.2 Å². The molecule has 1 heterocycles. The first-order valence-corrected chi connectivity index (χ1v) is 8.75. The van der Waals surface area contributed by atoms with Crippen LogP contribution in [0.5, 0.6) is 0 Å². The van der Waals surface area contributed by atoms with Crippen LogP contribution in [0.15, 0.2) is 24.3 Å². The minimum Gasteiger partial charge on any atom is -0.355 e. The summed E-state index contributed by atoms with van der Waals surface area (Å²) in [6.07, 6.45) is 2.75. The molecule has 1 aliphatic carbocycles. The summed E-state index contributed by atoms with van der Waals surface area (Å²) in [4.78, 5) is 25.8. The van der Waals surface area contributed by atoms with Crippen LogP contribution >= 0.6 is 11.3 Å². The molecule has 3 rings (SSSR count). The summed E-state index contributed by atoms with van der Waals surface area (Å²) in [5.74, 6) is -0.772. The molecule has 0 fully saturated rings. The third kappa shape index (κ3) is 3.06. The van der Waals surface area contributed by atoms with Crippen molar-refractivity contribution in [1.82, 2.24) is 5.32 Å². The largest absolute Gasteiger partial charge is 0.355 e. The molecule has 0 aliphatic heterocycles. The Kier molecular flexibility index (Phi) is 4.66. The molecule has 2 aromatic rings. The highest BCUT2D eigenvalue weighted by Gasteiger charge is 2.28. The normalized spacial score (nSPS) is 16.4. The van der Waals surface area contributed by atoms with E-state index in [-0.39, 0.29) is 11.5 Å².